The van der Waals surface area contributed by atoms with E-state index in [1.54, 1.807) is 6.08 Å². The molecule has 0 spiro atoms. The van der Waals surface area contributed by atoms with Crippen LogP contribution >= 0.6 is 0 Å². The summed E-state index contributed by atoms with van der Waals surface area (Å²) in [6.45, 7) is 6.28. The van der Waals surface area contributed by atoms with Crippen molar-refractivity contribution in [3.05, 3.63) is 35.5 Å². The Morgan fingerprint density at radius 2 is 1.85 bits per heavy atom. The number of allylic oxidation sites excluding steroid dienone is 6. The van der Waals surface area contributed by atoms with Crippen LogP contribution in [0.4, 0.5) is 0 Å². The second-order valence-electron chi connectivity index (χ2n) is 3.35. The van der Waals surface area contributed by atoms with Crippen LogP contribution in [0.2, 0.25) is 0 Å². The van der Waals surface area contributed by atoms with Crippen molar-refractivity contribution in [3.63, 3.8) is 0 Å². The molecule has 0 fully saturated rings. The summed E-state index contributed by atoms with van der Waals surface area (Å²) in [5.74, 6) is 0. The molecule has 0 aromatic carbocycles. The summed E-state index contributed by atoms with van der Waals surface area (Å²) in [6.07, 6.45) is 10.4. The van der Waals surface area contributed by atoms with Crippen molar-refractivity contribution in [2.45, 2.75) is 33.6 Å². The second-order valence-corrected chi connectivity index (χ2v) is 3.35. The van der Waals surface area contributed by atoms with Gasteiger partial charge < -0.3 is 0 Å². The molecule has 0 atom stereocenters. The smallest absolute Gasteiger partial charge is 0.142 e. The molecule has 72 valence electrons. The van der Waals surface area contributed by atoms with E-state index in [1.165, 1.54) is 17.2 Å². The Kier molecular flexibility index (Phi) is 6.89. The van der Waals surface area contributed by atoms with Crippen molar-refractivity contribution in [1.82, 2.24) is 0 Å². The Morgan fingerprint density at radius 1 is 1.15 bits per heavy atom. The normalized spacial score (nSPS) is 11.8. The predicted octanol–water partition coefficient (Wildman–Crippen LogP) is 3.43. The lowest BCUT2D eigenvalue weighted by Crippen LogP contribution is -1.75. The Bertz CT molecular complexity index is 228. The maximum Gasteiger partial charge on any atom is 0.142 e. The van der Waals surface area contributed by atoms with Gasteiger partial charge in [0.1, 0.15) is 6.29 Å². The summed E-state index contributed by atoms with van der Waals surface area (Å²) in [5, 5.41) is 0. The fourth-order valence-corrected chi connectivity index (χ4v) is 0.937. The maximum atomic E-state index is 9.96. The van der Waals surface area contributed by atoms with Gasteiger partial charge in [0.15, 0.2) is 0 Å². The molecule has 0 saturated heterocycles. The molecule has 0 saturated carbocycles. The first-order chi connectivity index (χ1) is 6.16. The largest absolute Gasteiger partial charge is 0.299 e. The molecule has 0 aromatic heterocycles. The van der Waals surface area contributed by atoms with Crippen molar-refractivity contribution < 1.29 is 4.79 Å². The fraction of sp³-hybridized carbons (Fsp3) is 0.417. The van der Waals surface area contributed by atoms with Crippen LogP contribution < -0.4 is 0 Å². The first kappa shape index (κ1) is 11.9. The maximum absolute atomic E-state index is 9.96. The van der Waals surface area contributed by atoms with E-state index in [9.17, 15) is 4.79 Å². The standard InChI is InChI=1S/C12H18O/c1-11(2)7-6-9-12(3)8-4-5-10-13/h4-5,7-8,10H,6,9H2,1-3H3/b5-4+,12-8?. The summed E-state index contributed by atoms with van der Waals surface area (Å²) in [7, 11) is 0. The molecular formula is C12H18O. The molecule has 0 heterocycles. The molecule has 0 amide bonds. The zero-order valence-corrected chi connectivity index (χ0v) is 8.71. The number of hydrogen-bond acceptors (Lipinski definition) is 1. The molecule has 0 aliphatic heterocycles. The van der Waals surface area contributed by atoms with E-state index in [0.29, 0.717) is 0 Å². The van der Waals surface area contributed by atoms with Crippen LogP contribution in [-0.2, 0) is 4.79 Å². The third-order valence-corrected chi connectivity index (χ3v) is 1.66. The SMILES string of the molecule is CC(C)=CCCC(C)=C/C=C/C=O. The van der Waals surface area contributed by atoms with Crippen molar-refractivity contribution in [2.75, 3.05) is 0 Å². The first-order valence-electron chi connectivity index (χ1n) is 4.57. The minimum atomic E-state index is 0.792. The van der Waals surface area contributed by atoms with Crippen LogP contribution in [0, 0.1) is 0 Å². The molecular weight excluding hydrogens is 160 g/mol. The molecule has 13 heavy (non-hydrogen) atoms. The third kappa shape index (κ3) is 8.80. The number of carbonyl (C=O) groups is 1. The Labute approximate surface area is 80.8 Å². The molecule has 0 bridgehead atoms. The van der Waals surface area contributed by atoms with Gasteiger partial charge in [-0.3, -0.25) is 4.79 Å². The Hall–Kier alpha value is -1.11. The van der Waals surface area contributed by atoms with Gasteiger partial charge >= 0.3 is 0 Å². The molecule has 0 unspecified atom stereocenters. The topological polar surface area (TPSA) is 17.1 Å². The van der Waals surface area contributed by atoms with E-state index >= 15 is 0 Å². The minimum Gasteiger partial charge on any atom is -0.299 e. The van der Waals surface area contributed by atoms with Gasteiger partial charge in [-0.25, -0.2) is 0 Å². The van der Waals surface area contributed by atoms with E-state index in [4.69, 9.17) is 0 Å². The quantitative estimate of drug-likeness (QED) is 0.273. The minimum absolute atomic E-state index is 0.792. The van der Waals surface area contributed by atoms with Crippen molar-refractivity contribution in [3.8, 4) is 0 Å². The van der Waals surface area contributed by atoms with Gasteiger partial charge in [-0.1, -0.05) is 29.4 Å². The summed E-state index contributed by atoms with van der Waals surface area (Å²) in [5.41, 5.74) is 2.66. The van der Waals surface area contributed by atoms with Crippen LogP contribution in [0.5, 0.6) is 0 Å². The second kappa shape index (κ2) is 7.53. The number of aldehydes is 1. The van der Waals surface area contributed by atoms with Gasteiger partial charge in [0, 0.05) is 0 Å². The van der Waals surface area contributed by atoms with Gasteiger partial charge in [-0.2, -0.15) is 0 Å². The zero-order chi connectivity index (χ0) is 10.1. The molecule has 0 aliphatic carbocycles. The molecule has 0 radical (unpaired) electrons. The highest BCUT2D eigenvalue weighted by Gasteiger charge is 1.86. The summed E-state index contributed by atoms with van der Waals surface area (Å²) >= 11 is 0. The number of carbonyl (C=O) groups excluding carboxylic acids is 1. The third-order valence-electron chi connectivity index (χ3n) is 1.66. The van der Waals surface area contributed by atoms with Crippen molar-refractivity contribution in [2.24, 2.45) is 0 Å². The van der Waals surface area contributed by atoms with E-state index in [0.717, 1.165) is 19.1 Å². The van der Waals surface area contributed by atoms with Crippen molar-refractivity contribution >= 4 is 6.29 Å². The van der Waals surface area contributed by atoms with Crippen molar-refractivity contribution in [1.29, 1.82) is 0 Å². The molecule has 0 aliphatic rings. The lowest BCUT2D eigenvalue weighted by molar-refractivity contribution is -0.104. The molecule has 0 rings (SSSR count). The van der Waals surface area contributed by atoms with Crippen LogP contribution in [0.1, 0.15) is 33.6 Å². The zero-order valence-electron chi connectivity index (χ0n) is 8.71. The highest BCUT2D eigenvalue weighted by Crippen LogP contribution is 2.06. The average Bonchev–Trinajstić information content (AvgIpc) is 2.04. The van der Waals surface area contributed by atoms with Crippen LogP contribution in [0.3, 0.4) is 0 Å². The molecule has 1 heteroatoms. The Morgan fingerprint density at radius 3 is 2.38 bits per heavy atom. The number of hydrogen-bond donors (Lipinski definition) is 0. The predicted molar refractivity (Wildman–Crippen MR) is 57.6 cm³/mol. The van der Waals surface area contributed by atoms with Crippen LogP contribution in [0.25, 0.3) is 0 Å². The van der Waals surface area contributed by atoms with E-state index in [2.05, 4.69) is 26.8 Å². The summed E-state index contributed by atoms with van der Waals surface area (Å²) < 4.78 is 0. The van der Waals surface area contributed by atoms with E-state index in [1.807, 2.05) is 6.08 Å². The van der Waals surface area contributed by atoms with Gasteiger partial charge in [0.05, 0.1) is 0 Å². The summed E-state index contributed by atoms with van der Waals surface area (Å²) in [6, 6.07) is 0. The Balaban J connectivity index is 3.79. The summed E-state index contributed by atoms with van der Waals surface area (Å²) in [4.78, 5) is 9.96. The van der Waals surface area contributed by atoms with E-state index in [-0.39, 0.29) is 0 Å². The highest BCUT2D eigenvalue weighted by atomic mass is 16.1. The molecule has 1 nitrogen and oxygen atoms in total. The van der Waals surface area contributed by atoms with Gasteiger partial charge in [-0.05, 0) is 39.7 Å². The highest BCUT2D eigenvalue weighted by molar-refractivity contribution is 5.65. The fourth-order valence-electron chi connectivity index (χ4n) is 0.937. The van der Waals surface area contributed by atoms with E-state index < -0.39 is 0 Å². The lowest BCUT2D eigenvalue weighted by Gasteiger charge is -1.95. The van der Waals surface area contributed by atoms with Gasteiger partial charge in [0.2, 0.25) is 0 Å². The molecule has 0 aromatic rings. The molecule has 0 N–H and O–H groups in total. The lowest BCUT2D eigenvalue weighted by atomic mass is 10.1. The monoisotopic (exact) mass is 178 g/mol. The van der Waals surface area contributed by atoms with Gasteiger partial charge in [-0.15, -0.1) is 0 Å². The van der Waals surface area contributed by atoms with Crippen LogP contribution in [0.15, 0.2) is 35.5 Å². The van der Waals surface area contributed by atoms with Crippen LogP contribution in [-0.4, -0.2) is 6.29 Å². The average molecular weight is 178 g/mol. The number of rotatable bonds is 5. The first-order valence-corrected chi connectivity index (χ1v) is 4.57. The van der Waals surface area contributed by atoms with Gasteiger partial charge in [0.25, 0.3) is 0 Å².